The van der Waals surface area contributed by atoms with Crippen molar-refractivity contribution in [1.82, 2.24) is 4.57 Å². The number of benzene rings is 1. The van der Waals surface area contributed by atoms with Crippen molar-refractivity contribution in [3.8, 4) is 0 Å². The molecule has 0 spiro atoms. The van der Waals surface area contributed by atoms with Crippen LogP contribution < -0.4 is 4.87 Å². The molecule has 3 rings (SSSR count). The lowest BCUT2D eigenvalue weighted by atomic mass is 10.1. The molecule has 3 aromatic rings. The summed E-state index contributed by atoms with van der Waals surface area (Å²) in [5, 5.41) is 9.00. The first kappa shape index (κ1) is 13.1. The fraction of sp³-hybridized carbons (Fsp3) is 0.143. The molecule has 2 heterocycles. The summed E-state index contributed by atoms with van der Waals surface area (Å²) in [7, 11) is 0. The molecule has 0 bridgehead atoms. The van der Waals surface area contributed by atoms with E-state index in [1.54, 1.807) is 10.6 Å². The Labute approximate surface area is 122 Å². The maximum absolute atomic E-state index is 11.9. The quantitative estimate of drug-likeness (QED) is 0.806. The first-order chi connectivity index (χ1) is 9.65. The van der Waals surface area contributed by atoms with Gasteiger partial charge in [0.15, 0.2) is 0 Å². The molecule has 0 aliphatic heterocycles. The molecule has 1 N–H and O–H groups in total. The average Bonchev–Trinajstić information content (AvgIpc) is 2.95. The van der Waals surface area contributed by atoms with Gasteiger partial charge in [-0.25, -0.2) is 4.79 Å². The summed E-state index contributed by atoms with van der Waals surface area (Å²) < 4.78 is 2.43. The van der Waals surface area contributed by atoms with Gasteiger partial charge in [0.1, 0.15) is 9.71 Å². The van der Waals surface area contributed by atoms with Crippen molar-refractivity contribution in [3.05, 3.63) is 56.5 Å². The summed E-state index contributed by atoms with van der Waals surface area (Å²) in [5.74, 6) is -0.944. The zero-order valence-corrected chi connectivity index (χ0v) is 12.0. The van der Waals surface area contributed by atoms with Crippen LogP contribution in [0.5, 0.6) is 0 Å². The predicted octanol–water partition coefficient (Wildman–Crippen LogP) is 3.07. The van der Waals surface area contributed by atoms with Crippen LogP contribution >= 0.6 is 22.7 Å². The van der Waals surface area contributed by atoms with Crippen molar-refractivity contribution in [2.24, 2.45) is 0 Å². The van der Waals surface area contributed by atoms with Crippen molar-refractivity contribution in [2.45, 2.75) is 13.0 Å². The second kappa shape index (κ2) is 5.22. The average molecular weight is 305 g/mol. The number of rotatable bonds is 4. The smallest absolute Gasteiger partial charge is 0.345 e. The van der Waals surface area contributed by atoms with Crippen molar-refractivity contribution < 1.29 is 9.90 Å². The lowest BCUT2D eigenvalue weighted by molar-refractivity contribution is 0.0702. The zero-order chi connectivity index (χ0) is 14.1. The predicted molar refractivity (Wildman–Crippen MR) is 81.1 cm³/mol. The van der Waals surface area contributed by atoms with Gasteiger partial charge in [-0.2, -0.15) is 0 Å². The Balaban J connectivity index is 1.92. The molecular formula is C14H11NO3S2. The van der Waals surface area contributed by atoms with E-state index >= 15 is 0 Å². The van der Waals surface area contributed by atoms with E-state index in [0.29, 0.717) is 6.54 Å². The van der Waals surface area contributed by atoms with Crippen LogP contribution in [0.15, 0.2) is 41.2 Å². The number of thiazole rings is 1. The van der Waals surface area contributed by atoms with Gasteiger partial charge in [0.25, 0.3) is 0 Å². The van der Waals surface area contributed by atoms with Crippen LogP contribution in [0.25, 0.3) is 9.53 Å². The molecule has 0 unspecified atom stereocenters. The maximum atomic E-state index is 11.9. The Bertz CT molecular complexity index is 814. The van der Waals surface area contributed by atoms with E-state index < -0.39 is 5.97 Å². The molecule has 0 fully saturated rings. The molecule has 102 valence electrons. The maximum Gasteiger partial charge on any atom is 0.345 e. The van der Waals surface area contributed by atoms with Crippen molar-refractivity contribution in [3.63, 3.8) is 0 Å². The van der Waals surface area contributed by atoms with Gasteiger partial charge >= 0.3 is 10.8 Å². The molecule has 0 saturated carbocycles. The molecule has 0 aliphatic rings. The number of nitrogens with zero attached hydrogens (tertiary/aromatic N) is 1. The highest BCUT2D eigenvalue weighted by molar-refractivity contribution is 7.27. The number of hydrogen-bond acceptors (Lipinski definition) is 4. The normalized spacial score (nSPS) is 11.0. The van der Waals surface area contributed by atoms with E-state index in [-0.39, 0.29) is 9.75 Å². The standard InChI is InChI=1S/C14H11NO3S2/c16-13(17)11-8-10-12(19-11)15(14(18)20-10)7-6-9-4-2-1-3-5-9/h1-5,8H,6-7H2,(H,16,17). The van der Waals surface area contributed by atoms with Crippen molar-refractivity contribution in [1.29, 1.82) is 0 Å². The van der Waals surface area contributed by atoms with E-state index in [1.807, 2.05) is 30.3 Å². The Morgan fingerprint density at radius 3 is 2.65 bits per heavy atom. The summed E-state index contributed by atoms with van der Waals surface area (Å²) >= 11 is 2.27. The third-order valence-electron chi connectivity index (χ3n) is 3.02. The number of thiophene rings is 1. The van der Waals surface area contributed by atoms with E-state index in [1.165, 1.54) is 0 Å². The topological polar surface area (TPSA) is 59.3 Å². The van der Waals surface area contributed by atoms with Crippen LogP contribution in [0.2, 0.25) is 0 Å². The van der Waals surface area contributed by atoms with E-state index in [4.69, 9.17) is 5.11 Å². The van der Waals surface area contributed by atoms with Gasteiger partial charge in [0, 0.05) is 6.54 Å². The molecule has 2 aromatic heterocycles. The molecule has 20 heavy (non-hydrogen) atoms. The third kappa shape index (κ3) is 2.39. The Kier molecular flexibility index (Phi) is 3.42. The van der Waals surface area contributed by atoms with Crippen LogP contribution in [0, 0.1) is 0 Å². The fourth-order valence-electron chi connectivity index (χ4n) is 2.04. The lowest BCUT2D eigenvalue weighted by Crippen LogP contribution is -2.13. The number of carboxylic acids is 1. The van der Waals surface area contributed by atoms with Crippen LogP contribution in [0.4, 0.5) is 0 Å². The molecule has 0 atom stereocenters. The molecule has 6 heteroatoms. The van der Waals surface area contributed by atoms with Gasteiger partial charge in [-0.3, -0.25) is 9.36 Å². The van der Waals surface area contributed by atoms with E-state index in [9.17, 15) is 9.59 Å². The second-order valence-electron chi connectivity index (χ2n) is 4.34. The van der Waals surface area contributed by atoms with Gasteiger partial charge in [-0.15, -0.1) is 11.3 Å². The summed E-state index contributed by atoms with van der Waals surface area (Å²) in [4.78, 5) is 23.9. The highest BCUT2D eigenvalue weighted by atomic mass is 32.1. The monoisotopic (exact) mass is 305 g/mol. The molecule has 4 nitrogen and oxygen atoms in total. The first-order valence-electron chi connectivity index (χ1n) is 6.05. The van der Waals surface area contributed by atoms with Crippen LogP contribution in [0.1, 0.15) is 15.2 Å². The lowest BCUT2D eigenvalue weighted by Gasteiger charge is -2.02. The minimum atomic E-state index is -0.944. The highest BCUT2D eigenvalue weighted by Gasteiger charge is 2.15. The number of hydrogen-bond donors (Lipinski definition) is 1. The SMILES string of the molecule is O=C(O)c1cc2sc(=O)n(CCc3ccccc3)c2s1. The largest absolute Gasteiger partial charge is 0.477 e. The number of aromatic carboxylic acids is 1. The van der Waals surface area contributed by atoms with Crippen LogP contribution in [-0.4, -0.2) is 15.6 Å². The highest BCUT2D eigenvalue weighted by Crippen LogP contribution is 2.28. The minimum Gasteiger partial charge on any atom is -0.477 e. The summed E-state index contributed by atoms with van der Waals surface area (Å²) in [6, 6.07) is 11.5. The van der Waals surface area contributed by atoms with Gasteiger partial charge in [0.2, 0.25) is 0 Å². The zero-order valence-electron chi connectivity index (χ0n) is 10.4. The van der Waals surface area contributed by atoms with E-state index in [2.05, 4.69) is 0 Å². The number of aromatic nitrogens is 1. The van der Waals surface area contributed by atoms with Gasteiger partial charge < -0.3 is 5.11 Å². The molecular weight excluding hydrogens is 294 g/mol. The van der Waals surface area contributed by atoms with Gasteiger partial charge in [0.05, 0.1) is 4.70 Å². The summed E-state index contributed by atoms with van der Waals surface area (Å²) in [6.45, 7) is 0.572. The van der Waals surface area contributed by atoms with Crippen molar-refractivity contribution in [2.75, 3.05) is 0 Å². The molecule has 0 aliphatic carbocycles. The molecule has 1 aromatic carbocycles. The number of carbonyl (C=O) groups is 1. The molecule has 0 radical (unpaired) electrons. The minimum absolute atomic E-state index is 0.0286. The Morgan fingerprint density at radius 2 is 1.95 bits per heavy atom. The van der Waals surface area contributed by atoms with Crippen LogP contribution in [-0.2, 0) is 13.0 Å². The molecule has 0 amide bonds. The van der Waals surface area contributed by atoms with Gasteiger partial charge in [-0.05, 0) is 18.1 Å². The molecule has 0 saturated heterocycles. The Hall–Kier alpha value is -1.92. The van der Waals surface area contributed by atoms with Gasteiger partial charge in [-0.1, -0.05) is 41.7 Å². The number of aryl methyl sites for hydroxylation is 2. The number of fused-ring (bicyclic) bond motifs is 1. The Morgan fingerprint density at radius 1 is 1.20 bits per heavy atom. The van der Waals surface area contributed by atoms with Crippen LogP contribution in [0.3, 0.4) is 0 Å². The third-order valence-corrected chi connectivity index (χ3v) is 5.22. The fourth-order valence-corrected chi connectivity index (χ4v) is 4.20. The number of carboxylic acid groups (broad SMARTS) is 1. The van der Waals surface area contributed by atoms with Crippen molar-refractivity contribution >= 4 is 38.2 Å². The van der Waals surface area contributed by atoms with E-state index in [0.717, 1.165) is 44.2 Å². The summed E-state index contributed by atoms with van der Waals surface area (Å²) in [6.07, 6.45) is 0.757. The second-order valence-corrected chi connectivity index (χ2v) is 6.36. The first-order valence-corrected chi connectivity index (χ1v) is 7.69. The summed E-state index contributed by atoms with van der Waals surface area (Å²) in [5.41, 5.74) is 1.16.